The van der Waals surface area contributed by atoms with Crippen LogP contribution in [0.2, 0.25) is 0 Å². The van der Waals surface area contributed by atoms with Gasteiger partial charge in [-0.15, -0.1) is 0 Å². The van der Waals surface area contributed by atoms with Crippen molar-refractivity contribution in [3.8, 4) is 5.75 Å². The number of benzene rings is 1. The summed E-state index contributed by atoms with van der Waals surface area (Å²) in [6.07, 6.45) is 0. The van der Waals surface area contributed by atoms with Crippen LogP contribution in [0.25, 0.3) is 0 Å². The van der Waals surface area contributed by atoms with Crippen LogP contribution >= 0.6 is 0 Å². The Labute approximate surface area is 106 Å². The van der Waals surface area contributed by atoms with Crippen molar-refractivity contribution in [2.24, 2.45) is 0 Å². The summed E-state index contributed by atoms with van der Waals surface area (Å²) >= 11 is 0. The molecule has 96 valence electrons. The van der Waals surface area contributed by atoms with Crippen LogP contribution in [0.15, 0.2) is 28.8 Å². The van der Waals surface area contributed by atoms with Crippen molar-refractivity contribution in [2.75, 3.05) is 6.54 Å². The van der Waals surface area contributed by atoms with Gasteiger partial charge in [0.05, 0.1) is 0 Å². The van der Waals surface area contributed by atoms with Gasteiger partial charge in [0, 0.05) is 13.5 Å². The van der Waals surface area contributed by atoms with Crippen LogP contribution in [0.5, 0.6) is 5.75 Å². The third-order valence-electron chi connectivity index (χ3n) is 2.42. The standard InChI is InChI=1S/C13H17N3O2/c1-3-14-8-11-5-4-6-12(7-11)17-9-13-15-10(2)18-16-13/h4-7,14H,3,8-9H2,1-2H3. The maximum atomic E-state index is 5.61. The highest BCUT2D eigenvalue weighted by Crippen LogP contribution is 2.14. The average molecular weight is 247 g/mol. The normalized spacial score (nSPS) is 10.6. The van der Waals surface area contributed by atoms with Gasteiger partial charge >= 0.3 is 0 Å². The van der Waals surface area contributed by atoms with E-state index in [1.165, 1.54) is 5.56 Å². The van der Waals surface area contributed by atoms with Crippen molar-refractivity contribution >= 4 is 0 Å². The van der Waals surface area contributed by atoms with Crippen LogP contribution in [0, 0.1) is 6.92 Å². The molecule has 0 bridgehead atoms. The number of nitrogens with one attached hydrogen (secondary N) is 1. The van der Waals surface area contributed by atoms with Crippen molar-refractivity contribution in [2.45, 2.75) is 27.0 Å². The molecule has 5 heteroatoms. The monoisotopic (exact) mass is 247 g/mol. The zero-order valence-electron chi connectivity index (χ0n) is 10.6. The molecule has 2 aromatic rings. The number of nitrogens with zero attached hydrogens (tertiary/aromatic N) is 2. The molecule has 2 rings (SSSR count). The molecule has 1 N–H and O–H groups in total. The Balaban J connectivity index is 1.92. The van der Waals surface area contributed by atoms with E-state index in [2.05, 4.69) is 28.4 Å². The molecule has 5 nitrogen and oxygen atoms in total. The van der Waals surface area contributed by atoms with E-state index in [1.807, 2.05) is 18.2 Å². The third kappa shape index (κ3) is 3.56. The van der Waals surface area contributed by atoms with E-state index in [4.69, 9.17) is 9.26 Å². The molecule has 0 amide bonds. The average Bonchev–Trinajstić information content (AvgIpc) is 2.80. The summed E-state index contributed by atoms with van der Waals surface area (Å²) in [5, 5.41) is 7.05. The number of rotatable bonds is 6. The molecule has 1 aromatic carbocycles. The molecule has 0 aliphatic carbocycles. The van der Waals surface area contributed by atoms with Crippen molar-refractivity contribution < 1.29 is 9.26 Å². The molecule has 1 aromatic heterocycles. The molecular formula is C13H17N3O2. The SMILES string of the molecule is CCNCc1cccc(OCc2noc(C)n2)c1. The minimum absolute atomic E-state index is 0.321. The maximum absolute atomic E-state index is 5.61. The van der Waals surface area contributed by atoms with Crippen LogP contribution in [-0.4, -0.2) is 16.7 Å². The highest BCUT2D eigenvalue weighted by molar-refractivity contribution is 5.28. The van der Waals surface area contributed by atoms with E-state index in [9.17, 15) is 0 Å². The van der Waals surface area contributed by atoms with Gasteiger partial charge in [-0.1, -0.05) is 24.2 Å². The van der Waals surface area contributed by atoms with E-state index >= 15 is 0 Å². The highest BCUT2D eigenvalue weighted by Gasteiger charge is 2.03. The predicted octanol–water partition coefficient (Wildman–Crippen LogP) is 2.07. The second-order valence-electron chi connectivity index (χ2n) is 3.95. The van der Waals surface area contributed by atoms with Crippen LogP contribution in [0.1, 0.15) is 24.2 Å². The minimum Gasteiger partial charge on any atom is -0.485 e. The van der Waals surface area contributed by atoms with Gasteiger partial charge in [0.1, 0.15) is 5.75 Å². The summed E-state index contributed by atoms with van der Waals surface area (Å²) in [6.45, 7) is 5.96. The Morgan fingerprint density at radius 3 is 3.00 bits per heavy atom. The van der Waals surface area contributed by atoms with E-state index in [1.54, 1.807) is 6.92 Å². The molecule has 0 fully saturated rings. The Hall–Kier alpha value is -1.88. The second kappa shape index (κ2) is 6.16. The Kier molecular flexibility index (Phi) is 4.30. The van der Waals surface area contributed by atoms with Crippen LogP contribution in [0.4, 0.5) is 0 Å². The van der Waals surface area contributed by atoms with Gasteiger partial charge in [-0.3, -0.25) is 0 Å². The topological polar surface area (TPSA) is 60.2 Å². The summed E-state index contributed by atoms with van der Waals surface area (Å²) in [6, 6.07) is 7.97. The number of aryl methyl sites for hydroxylation is 1. The quantitative estimate of drug-likeness (QED) is 0.846. The highest BCUT2D eigenvalue weighted by atomic mass is 16.5. The fourth-order valence-electron chi connectivity index (χ4n) is 1.56. The molecule has 0 aliphatic heterocycles. The van der Waals surface area contributed by atoms with Gasteiger partial charge in [0.25, 0.3) is 0 Å². The lowest BCUT2D eigenvalue weighted by Gasteiger charge is -2.06. The van der Waals surface area contributed by atoms with Gasteiger partial charge in [0.15, 0.2) is 6.61 Å². The first kappa shape index (κ1) is 12.6. The zero-order chi connectivity index (χ0) is 12.8. The molecule has 0 saturated heterocycles. The summed E-state index contributed by atoms with van der Waals surface area (Å²) < 4.78 is 10.5. The number of ether oxygens (including phenoxy) is 1. The minimum atomic E-state index is 0.321. The first-order valence-corrected chi connectivity index (χ1v) is 5.99. The molecule has 1 heterocycles. The molecule has 0 spiro atoms. The lowest BCUT2D eigenvalue weighted by molar-refractivity contribution is 0.285. The number of hydrogen-bond acceptors (Lipinski definition) is 5. The smallest absolute Gasteiger partial charge is 0.223 e. The maximum Gasteiger partial charge on any atom is 0.223 e. The number of aromatic nitrogens is 2. The van der Waals surface area contributed by atoms with Gasteiger partial charge < -0.3 is 14.6 Å². The number of hydrogen-bond donors (Lipinski definition) is 1. The van der Waals surface area contributed by atoms with E-state index in [0.717, 1.165) is 18.8 Å². The lowest BCUT2D eigenvalue weighted by atomic mass is 10.2. The second-order valence-corrected chi connectivity index (χ2v) is 3.95. The van der Waals surface area contributed by atoms with Crippen LogP contribution in [-0.2, 0) is 13.2 Å². The largest absolute Gasteiger partial charge is 0.485 e. The van der Waals surface area contributed by atoms with E-state index in [0.29, 0.717) is 18.3 Å². The third-order valence-corrected chi connectivity index (χ3v) is 2.42. The van der Waals surface area contributed by atoms with E-state index in [-0.39, 0.29) is 0 Å². The first-order valence-electron chi connectivity index (χ1n) is 5.99. The zero-order valence-corrected chi connectivity index (χ0v) is 10.6. The van der Waals surface area contributed by atoms with Crippen molar-refractivity contribution in [1.82, 2.24) is 15.5 Å². The summed E-state index contributed by atoms with van der Waals surface area (Å²) in [5.74, 6) is 1.92. The Morgan fingerprint density at radius 2 is 2.28 bits per heavy atom. The molecule has 0 unspecified atom stereocenters. The van der Waals surface area contributed by atoms with Crippen molar-refractivity contribution in [1.29, 1.82) is 0 Å². The lowest BCUT2D eigenvalue weighted by Crippen LogP contribution is -2.11. The summed E-state index contributed by atoms with van der Waals surface area (Å²) in [4.78, 5) is 4.08. The fourth-order valence-corrected chi connectivity index (χ4v) is 1.56. The molecule has 0 radical (unpaired) electrons. The molecular weight excluding hydrogens is 230 g/mol. The summed E-state index contributed by atoms with van der Waals surface area (Å²) in [5.41, 5.74) is 1.19. The molecule has 0 saturated carbocycles. The van der Waals surface area contributed by atoms with Crippen LogP contribution < -0.4 is 10.1 Å². The van der Waals surface area contributed by atoms with E-state index < -0.39 is 0 Å². The first-order chi connectivity index (χ1) is 8.78. The van der Waals surface area contributed by atoms with Gasteiger partial charge in [0.2, 0.25) is 11.7 Å². The van der Waals surface area contributed by atoms with Crippen molar-refractivity contribution in [3.63, 3.8) is 0 Å². The van der Waals surface area contributed by atoms with Gasteiger partial charge in [-0.2, -0.15) is 4.98 Å². The summed E-state index contributed by atoms with van der Waals surface area (Å²) in [7, 11) is 0. The predicted molar refractivity (Wildman–Crippen MR) is 67.2 cm³/mol. The molecule has 0 atom stereocenters. The van der Waals surface area contributed by atoms with Crippen molar-refractivity contribution in [3.05, 3.63) is 41.5 Å². The van der Waals surface area contributed by atoms with Gasteiger partial charge in [-0.05, 0) is 24.2 Å². The molecule has 0 aliphatic rings. The molecule has 18 heavy (non-hydrogen) atoms. The van der Waals surface area contributed by atoms with Gasteiger partial charge in [-0.25, -0.2) is 0 Å². The Bertz CT molecular complexity index is 496. The fraction of sp³-hybridized carbons (Fsp3) is 0.385. The Morgan fingerprint density at radius 1 is 1.39 bits per heavy atom. The van der Waals surface area contributed by atoms with Crippen LogP contribution in [0.3, 0.4) is 0 Å².